The molecule has 4 rings (SSSR count). The number of nitrogens with one attached hydrogen (secondary N) is 2. The van der Waals surface area contributed by atoms with Gasteiger partial charge in [-0.25, -0.2) is 0 Å². The predicted octanol–water partition coefficient (Wildman–Crippen LogP) is 4.16. The van der Waals surface area contributed by atoms with Gasteiger partial charge >= 0.3 is 0 Å². The van der Waals surface area contributed by atoms with Crippen LogP contribution in [0.4, 0.5) is 5.69 Å². The second-order valence-electron chi connectivity index (χ2n) is 7.00. The fourth-order valence-electron chi connectivity index (χ4n) is 3.20. The summed E-state index contributed by atoms with van der Waals surface area (Å²) in [6.45, 7) is 5.02. The summed E-state index contributed by atoms with van der Waals surface area (Å²) in [4.78, 5) is 10.6. The summed E-state index contributed by atoms with van der Waals surface area (Å²) >= 11 is 0. The zero-order valence-corrected chi connectivity index (χ0v) is 16.0. The van der Waals surface area contributed by atoms with E-state index >= 15 is 0 Å². The summed E-state index contributed by atoms with van der Waals surface area (Å²) in [6.07, 6.45) is 7.30. The zero-order valence-electron chi connectivity index (χ0n) is 16.0. The van der Waals surface area contributed by atoms with Crippen molar-refractivity contribution in [2.45, 2.75) is 6.54 Å². The van der Waals surface area contributed by atoms with E-state index in [1.807, 2.05) is 44.7 Å². The molecule has 0 fully saturated rings. The smallest absolute Gasteiger partial charge is 0.116 e. The molecule has 0 saturated heterocycles. The molecule has 6 heteroatoms. The van der Waals surface area contributed by atoms with Gasteiger partial charge in [0.1, 0.15) is 5.69 Å². The first-order valence-corrected chi connectivity index (χ1v) is 9.03. The van der Waals surface area contributed by atoms with Gasteiger partial charge in [0.2, 0.25) is 0 Å². The van der Waals surface area contributed by atoms with Crippen molar-refractivity contribution in [1.29, 1.82) is 0 Å². The third-order valence-corrected chi connectivity index (χ3v) is 4.43. The van der Waals surface area contributed by atoms with E-state index < -0.39 is 0 Å². The highest BCUT2D eigenvalue weighted by Crippen LogP contribution is 2.28. The van der Waals surface area contributed by atoms with Crippen molar-refractivity contribution in [3.8, 4) is 11.1 Å². The largest absolute Gasteiger partial charge is 0.353 e. The van der Waals surface area contributed by atoms with E-state index in [1.165, 1.54) is 0 Å². The molecular formula is C22H22N6. The van der Waals surface area contributed by atoms with Crippen molar-refractivity contribution >= 4 is 22.3 Å². The summed E-state index contributed by atoms with van der Waals surface area (Å²) in [6, 6.07) is 12.3. The first kappa shape index (κ1) is 17.9. The van der Waals surface area contributed by atoms with E-state index in [2.05, 4.69) is 55.2 Å². The number of H-pyrrole nitrogens is 1. The fourth-order valence-corrected chi connectivity index (χ4v) is 3.20. The van der Waals surface area contributed by atoms with E-state index in [-0.39, 0.29) is 0 Å². The van der Waals surface area contributed by atoms with Gasteiger partial charge in [-0.2, -0.15) is 5.10 Å². The SMILES string of the molecule is C=C(Nc1cncc(CN(C)C)c1)c1n[nH]c2ccc(-c3cccnc3)cc12. The van der Waals surface area contributed by atoms with Gasteiger partial charge in [-0.05, 0) is 49.5 Å². The van der Waals surface area contributed by atoms with Crippen LogP contribution in [0.2, 0.25) is 0 Å². The lowest BCUT2D eigenvalue weighted by atomic mass is 10.0. The summed E-state index contributed by atoms with van der Waals surface area (Å²) < 4.78 is 0. The van der Waals surface area contributed by atoms with Gasteiger partial charge < -0.3 is 10.2 Å². The monoisotopic (exact) mass is 370 g/mol. The number of fused-ring (bicyclic) bond motifs is 1. The van der Waals surface area contributed by atoms with Gasteiger partial charge in [0.15, 0.2) is 0 Å². The molecule has 6 nitrogen and oxygen atoms in total. The standard InChI is InChI=1S/C22H22N6/c1-15(25-19-9-16(11-24-13-19)14-28(2)3)22-20-10-17(6-7-21(20)26-27-22)18-5-4-8-23-12-18/h4-13,25H,1,14H2,2-3H3,(H,26,27). The molecule has 4 aromatic rings. The van der Waals surface area contributed by atoms with Crippen molar-refractivity contribution in [3.63, 3.8) is 0 Å². The Balaban J connectivity index is 1.63. The first-order chi connectivity index (χ1) is 13.6. The lowest BCUT2D eigenvalue weighted by Gasteiger charge is -2.12. The van der Waals surface area contributed by atoms with Gasteiger partial charge in [-0.3, -0.25) is 15.1 Å². The molecule has 0 saturated carbocycles. The van der Waals surface area contributed by atoms with Crippen LogP contribution in [0.15, 0.2) is 67.8 Å². The Hall–Kier alpha value is -3.51. The molecule has 0 aliphatic heterocycles. The Labute approximate surface area is 164 Å². The molecule has 0 bridgehead atoms. The summed E-state index contributed by atoms with van der Waals surface area (Å²) in [5, 5.41) is 11.9. The Bertz CT molecular complexity index is 1110. The molecule has 0 atom stereocenters. The highest BCUT2D eigenvalue weighted by atomic mass is 15.1. The van der Waals surface area contributed by atoms with Crippen molar-refractivity contribution in [2.24, 2.45) is 0 Å². The normalized spacial score (nSPS) is 11.1. The minimum absolute atomic E-state index is 0.721. The van der Waals surface area contributed by atoms with Gasteiger partial charge in [0, 0.05) is 36.1 Å². The van der Waals surface area contributed by atoms with E-state index in [4.69, 9.17) is 0 Å². The molecule has 0 radical (unpaired) electrons. The Morgan fingerprint density at radius 3 is 2.75 bits per heavy atom. The van der Waals surface area contributed by atoms with Crippen LogP contribution in [0.25, 0.3) is 27.7 Å². The van der Waals surface area contributed by atoms with Crippen molar-refractivity contribution < 1.29 is 0 Å². The zero-order chi connectivity index (χ0) is 19.5. The predicted molar refractivity (Wildman–Crippen MR) is 114 cm³/mol. The molecule has 3 heterocycles. The van der Waals surface area contributed by atoms with Crippen LogP contribution in [0.3, 0.4) is 0 Å². The molecule has 0 aliphatic rings. The molecule has 140 valence electrons. The summed E-state index contributed by atoms with van der Waals surface area (Å²) in [5.74, 6) is 0. The molecule has 0 aliphatic carbocycles. The third kappa shape index (κ3) is 3.77. The number of anilines is 1. The maximum absolute atomic E-state index is 4.47. The van der Waals surface area contributed by atoms with Crippen LogP contribution in [-0.4, -0.2) is 39.2 Å². The number of aromatic amines is 1. The molecule has 3 aromatic heterocycles. The van der Waals surface area contributed by atoms with E-state index in [0.717, 1.165) is 51.2 Å². The third-order valence-electron chi connectivity index (χ3n) is 4.43. The van der Waals surface area contributed by atoms with Crippen molar-refractivity contribution in [2.75, 3.05) is 19.4 Å². The fraction of sp³-hybridized carbons (Fsp3) is 0.136. The Morgan fingerprint density at radius 2 is 1.96 bits per heavy atom. The lowest BCUT2D eigenvalue weighted by Crippen LogP contribution is -2.11. The number of rotatable bonds is 6. The molecule has 0 unspecified atom stereocenters. The van der Waals surface area contributed by atoms with Crippen molar-refractivity contribution in [3.05, 3.63) is 79.0 Å². The average molecular weight is 370 g/mol. The van der Waals surface area contributed by atoms with Crippen LogP contribution in [-0.2, 0) is 6.54 Å². The van der Waals surface area contributed by atoms with Crippen LogP contribution < -0.4 is 5.32 Å². The molecule has 28 heavy (non-hydrogen) atoms. The van der Waals surface area contributed by atoms with E-state index in [0.29, 0.717) is 0 Å². The second-order valence-corrected chi connectivity index (χ2v) is 7.00. The van der Waals surface area contributed by atoms with Crippen molar-refractivity contribution in [1.82, 2.24) is 25.1 Å². The number of benzene rings is 1. The van der Waals surface area contributed by atoms with Crippen LogP contribution in [0, 0.1) is 0 Å². The number of hydrogen-bond acceptors (Lipinski definition) is 5. The Morgan fingerprint density at radius 1 is 1.07 bits per heavy atom. The second kappa shape index (κ2) is 7.62. The van der Waals surface area contributed by atoms with Crippen LogP contribution in [0.1, 0.15) is 11.3 Å². The number of hydrogen-bond donors (Lipinski definition) is 2. The summed E-state index contributed by atoms with van der Waals surface area (Å²) in [5.41, 5.74) is 6.65. The minimum Gasteiger partial charge on any atom is -0.353 e. The molecule has 0 spiro atoms. The number of pyridine rings is 2. The summed E-state index contributed by atoms with van der Waals surface area (Å²) in [7, 11) is 4.07. The number of nitrogens with zero attached hydrogens (tertiary/aromatic N) is 4. The van der Waals surface area contributed by atoms with Gasteiger partial charge in [-0.15, -0.1) is 0 Å². The molecule has 2 N–H and O–H groups in total. The Kier molecular flexibility index (Phi) is 4.87. The maximum Gasteiger partial charge on any atom is 0.116 e. The topological polar surface area (TPSA) is 69.7 Å². The maximum atomic E-state index is 4.47. The van der Waals surface area contributed by atoms with E-state index in [9.17, 15) is 0 Å². The van der Waals surface area contributed by atoms with Crippen LogP contribution >= 0.6 is 0 Å². The highest BCUT2D eigenvalue weighted by molar-refractivity contribution is 5.94. The molecular weight excluding hydrogens is 348 g/mol. The lowest BCUT2D eigenvalue weighted by molar-refractivity contribution is 0.402. The van der Waals surface area contributed by atoms with E-state index in [1.54, 1.807) is 12.4 Å². The minimum atomic E-state index is 0.721. The molecule has 1 aromatic carbocycles. The van der Waals surface area contributed by atoms with Crippen LogP contribution in [0.5, 0.6) is 0 Å². The number of aromatic nitrogens is 4. The quantitative estimate of drug-likeness (QED) is 0.533. The first-order valence-electron chi connectivity index (χ1n) is 9.03. The molecule has 0 amide bonds. The highest BCUT2D eigenvalue weighted by Gasteiger charge is 2.11. The van der Waals surface area contributed by atoms with Gasteiger partial charge in [0.25, 0.3) is 0 Å². The van der Waals surface area contributed by atoms with Gasteiger partial charge in [-0.1, -0.05) is 18.7 Å². The average Bonchev–Trinajstić information content (AvgIpc) is 3.12. The van der Waals surface area contributed by atoms with Gasteiger partial charge in [0.05, 0.1) is 23.1 Å².